The summed E-state index contributed by atoms with van der Waals surface area (Å²) in [6.45, 7) is 8.52. The Morgan fingerprint density at radius 3 is 2.38 bits per heavy atom. The number of aryl methyl sites for hydroxylation is 2. The fraction of sp³-hybridized carbons (Fsp3) is 0.600. The van der Waals surface area contributed by atoms with E-state index in [-0.39, 0.29) is 6.04 Å². The molecule has 0 amide bonds. The molecule has 0 spiro atoms. The van der Waals surface area contributed by atoms with Crippen molar-refractivity contribution in [2.24, 2.45) is 5.73 Å². The molecule has 1 atom stereocenters. The lowest BCUT2D eigenvalue weighted by atomic mass is 10.1. The Hall–Kier alpha value is -0.950. The number of nitrogens with zero attached hydrogens (tertiary/aromatic N) is 1. The molecule has 0 radical (unpaired) electrons. The zero-order valence-corrected chi connectivity index (χ0v) is 14.3. The second kappa shape index (κ2) is 7.35. The summed E-state index contributed by atoms with van der Waals surface area (Å²) in [5, 5.41) is 0. The molecule has 1 aromatic rings. The van der Waals surface area contributed by atoms with Gasteiger partial charge in [-0.3, -0.25) is 0 Å². The Labute approximate surface area is 128 Å². The Morgan fingerprint density at radius 1 is 1.29 bits per heavy atom. The molecule has 1 rings (SSSR count). The molecule has 0 saturated heterocycles. The smallest absolute Gasteiger partial charge is 0.243 e. The minimum absolute atomic E-state index is 0.216. The Morgan fingerprint density at radius 2 is 1.90 bits per heavy atom. The summed E-state index contributed by atoms with van der Waals surface area (Å²) < 4.78 is 32.4. The summed E-state index contributed by atoms with van der Waals surface area (Å²) in [6, 6.07) is 3.36. The van der Waals surface area contributed by atoms with E-state index in [2.05, 4.69) is 0 Å². The first-order chi connectivity index (χ1) is 9.79. The van der Waals surface area contributed by atoms with Crippen LogP contribution in [0.25, 0.3) is 0 Å². The van der Waals surface area contributed by atoms with Crippen molar-refractivity contribution < 1.29 is 13.2 Å². The predicted octanol–water partition coefficient (Wildman–Crippen LogP) is 1.81. The highest BCUT2D eigenvalue weighted by atomic mass is 32.2. The number of rotatable bonds is 7. The molecule has 120 valence electrons. The van der Waals surface area contributed by atoms with Crippen LogP contribution in [-0.4, -0.2) is 39.0 Å². The highest BCUT2D eigenvalue weighted by Gasteiger charge is 2.29. The van der Waals surface area contributed by atoms with E-state index in [4.69, 9.17) is 10.5 Å². The minimum Gasteiger partial charge on any atom is -0.383 e. The Bertz CT molecular complexity index is 585. The lowest BCUT2D eigenvalue weighted by Crippen LogP contribution is -2.41. The molecular formula is C15H26N2O3S. The molecule has 2 N–H and O–H groups in total. The predicted molar refractivity (Wildman–Crippen MR) is 84.7 cm³/mol. The number of methoxy groups -OCH3 is 1. The van der Waals surface area contributed by atoms with E-state index in [9.17, 15) is 8.42 Å². The fourth-order valence-electron chi connectivity index (χ4n) is 2.54. The minimum atomic E-state index is -3.55. The third-order valence-corrected chi connectivity index (χ3v) is 5.88. The van der Waals surface area contributed by atoms with Crippen LogP contribution in [0.5, 0.6) is 0 Å². The van der Waals surface area contributed by atoms with E-state index in [1.165, 1.54) is 4.31 Å². The van der Waals surface area contributed by atoms with E-state index < -0.39 is 10.0 Å². The van der Waals surface area contributed by atoms with Gasteiger partial charge in [-0.2, -0.15) is 4.31 Å². The van der Waals surface area contributed by atoms with Gasteiger partial charge in [0.15, 0.2) is 0 Å². The van der Waals surface area contributed by atoms with Crippen molar-refractivity contribution in [3.05, 3.63) is 28.8 Å². The molecule has 0 aliphatic rings. The van der Waals surface area contributed by atoms with Crippen molar-refractivity contribution in [3.63, 3.8) is 0 Å². The maximum absolute atomic E-state index is 12.9. The van der Waals surface area contributed by atoms with Crippen molar-refractivity contribution >= 4 is 10.0 Å². The van der Waals surface area contributed by atoms with Gasteiger partial charge in [-0.1, -0.05) is 13.0 Å². The maximum Gasteiger partial charge on any atom is 0.243 e. The van der Waals surface area contributed by atoms with Gasteiger partial charge in [-0.15, -0.1) is 0 Å². The van der Waals surface area contributed by atoms with Gasteiger partial charge in [0.25, 0.3) is 0 Å². The van der Waals surface area contributed by atoms with Gasteiger partial charge < -0.3 is 10.5 Å². The molecule has 0 bridgehead atoms. The quantitative estimate of drug-likeness (QED) is 0.833. The molecule has 0 fully saturated rings. The van der Waals surface area contributed by atoms with Crippen LogP contribution in [0.3, 0.4) is 0 Å². The normalized spacial score (nSPS) is 13.7. The highest BCUT2D eigenvalue weighted by molar-refractivity contribution is 7.89. The lowest BCUT2D eigenvalue weighted by Gasteiger charge is -2.27. The SMILES string of the molecule is CCN(C(C)COC)S(=O)(=O)c1cc(CN)c(C)cc1C. The number of likely N-dealkylation sites (N-methyl/N-ethyl adjacent to an activating group) is 1. The first-order valence-electron chi connectivity index (χ1n) is 7.10. The van der Waals surface area contributed by atoms with Crippen LogP contribution < -0.4 is 5.73 Å². The number of sulfonamides is 1. The Balaban J connectivity index is 3.35. The van der Waals surface area contributed by atoms with Gasteiger partial charge >= 0.3 is 0 Å². The average Bonchev–Trinajstić information content (AvgIpc) is 2.39. The zero-order valence-electron chi connectivity index (χ0n) is 13.5. The first-order valence-corrected chi connectivity index (χ1v) is 8.54. The first kappa shape index (κ1) is 18.1. The summed E-state index contributed by atoms with van der Waals surface area (Å²) in [5.74, 6) is 0. The lowest BCUT2D eigenvalue weighted by molar-refractivity contribution is 0.142. The summed E-state index contributed by atoms with van der Waals surface area (Å²) in [6.07, 6.45) is 0. The topological polar surface area (TPSA) is 72.6 Å². The second-order valence-corrected chi connectivity index (χ2v) is 7.12. The summed E-state index contributed by atoms with van der Waals surface area (Å²) >= 11 is 0. The van der Waals surface area contributed by atoms with Gasteiger partial charge in [0.05, 0.1) is 11.5 Å². The van der Waals surface area contributed by atoms with Crippen molar-refractivity contribution in [1.82, 2.24) is 4.31 Å². The highest BCUT2D eigenvalue weighted by Crippen LogP contribution is 2.25. The van der Waals surface area contributed by atoms with Gasteiger partial charge in [0, 0.05) is 26.2 Å². The molecule has 0 aliphatic heterocycles. The van der Waals surface area contributed by atoms with Crippen molar-refractivity contribution in [2.45, 2.75) is 45.2 Å². The number of hydrogen-bond acceptors (Lipinski definition) is 4. The molecule has 0 saturated carbocycles. The number of hydrogen-bond donors (Lipinski definition) is 1. The molecule has 0 aliphatic carbocycles. The van der Waals surface area contributed by atoms with Crippen LogP contribution in [0.4, 0.5) is 0 Å². The zero-order chi connectivity index (χ0) is 16.2. The summed E-state index contributed by atoms with van der Waals surface area (Å²) in [4.78, 5) is 0.332. The molecule has 21 heavy (non-hydrogen) atoms. The molecular weight excluding hydrogens is 288 g/mol. The van der Waals surface area contributed by atoms with Crippen LogP contribution in [0, 0.1) is 13.8 Å². The molecule has 1 aromatic carbocycles. The van der Waals surface area contributed by atoms with Crippen molar-refractivity contribution in [3.8, 4) is 0 Å². The van der Waals surface area contributed by atoms with Crippen LogP contribution in [0.2, 0.25) is 0 Å². The summed E-state index contributed by atoms with van der Waals surface area (Å²) in [7, 11) is -1.98. The number of ether oxygens (including phenoxy) is 1. The fourth-order valence-corrected chi connectivity index (χ4v) is 4.43. The van der Waals surface area contributed by atoms with Gasteiger partial charge in [0.2, 0.25) is 10.0 Å². The van der Waals surface area contributed by atoms with Crippen molar-refractivity contribution in [2.75, 3.05) is 20.3 Å². The third-order valence-electron chi connectivity index (χ3n) is 3.65. The maximum atomic E-state index is 12.9. The molecule has 0 heterocycles. The number of benzene rings is 1. The standard InChI is InChI=1S/C15H26N2O3S/c1-6-17(13(4)10-20-5)21(18,19)15-8-14(9-16)11(2)7-12(15)3/h7-8,13H,6,9-10,16H2,1-5H3. The van der Waals surface area contributed by atoms with E-state index in [1.807, 2.05) is 33.8 Å². The molecule has 5 nitrogen and oxygen atoms in total. The third kappa shape index (κ3) is 3.83. The molecule has 1 unspecified atom stereocenters. The largest absolute Gasteiger partial charge is 0.383 e. The van der Waals surface area contributed by atoms with E-state index >= 15 is 0 Å². The average molecular weight is 314 g/mol. The van der Waals surface area contributed by atoms with Crippen molar-refractivity contribution in [1.29, 1.82) is 0 Å². The van der Waals surface area contributed by atoms with E-state index in [0.29, 0.717) is 24.6 Å². The van der Waals surface area contributed by atoms with Crippen LogP contribution in [0.1, 0.15) is 30.5 Å². The van der Waals surface area contributed by atoms with Gasteiger partial charge in [-0.25, -0.2) is 8.42 Å². The Kier molecular flexibility index (Phi) is 6.34. The second-order valence-electron chi connectivity index (χ2n) is 5.26. The van der Waals surface area contributed by atoms with E-state index in [0.717, 1.165) is 16.7 Å². The van der Waals surface area contributed by atoms with Crippen LogP contribution in [0.15, 0.2) is 17.0 Å². The summed E-state index contributed by atoms with van der Waals surface area (Å²) in [5.41, 5.74) is 8.32. The number of nitrogens with two attached hydrogens (primary N) is 1. The molecule has 6 heteroatoms. The molecule has 0 aromatic heterocycles. The van der Waals surface area contributed by atoms with Crippen LogP contribution in [-0.2, 0) is 21.3 Å². The monoisotopic (exact) mass is 314 g/mol. The van der Waals surface area contributed by atoms with Gasteiger partial charge in [0.1, 0.15) is 0 Å². The van der Waals surface area contributed by atoms with Gasteiger partial charge in [-0.05, 0) is 43.5 Å². The van der Waals surface area contributed by atoms with Crippen LogP contribution >= 0.6 is 0 Å². The van der Waals surface area contributed by atoms with E-state index in [1.54, 1.807) is 13.2 Å².